The van der Waals surface area contributed by atoms with Gasteiger partial charge in [-0.3, -0.25) is 9.97 Å². The molecule has 0 spiro atoms. The molecule has 0 radical (unpaired) electrons. The molecule has 2 aromatic heterocycles. The molecule has 8 saturated carbocycles. The van der Waals surface area contributed by atoms with Crippen molar-refractivity contribution in [2.24, 2.45) is 47.3 Å². The number of hydrogen-bond donors (Lipinski definition) is 0. The predicted molar refractivity (Wildman–Crippen MR) is 252 cm³/mol. The van der Waals surface area contributed by atoms with Gasteiger partial charge < -0.3 is 30.3 Å². The molecule has 8 aliphatic carbocycles. The molecule has 59 heavy (non-hydrogen) atoms. The molecule has 14 rings (SSSR count). The van der Waals surface area contributed by atoms with Crippen LogP contribution in [0.2, 0.25) is 19.6 Å². The maximum Gasteiger partial charge on any atom is 0.0705 e. The van der Waals surface area contributed by atoms with E-state index in [-0.39, 0.29) is 25.0 Å². The Balaban J connectivity index is 0.000000655. The fourth-order valence-corrected chi connectivity index (χ4v) is 20.7. The van der Waals surface area contributed by atoms with Gasteiger partial charge in [-0.05, 0) is 147 Å². The standard InChI is InChI=1S/C48H57N2P2Si.C5H5.Fe/c1-53(2,3)40-26-39(28-52(46-35-18-29-16-30(20-35)21-36(46)19-29)47-37-22-31-17-32(24-37)25-38(47)23-31)41(27-40)48(51,44-14-12-33-8-4-6-10-42(33)49-44)45-15-13-34-9-5-7-11-43(34)50-45;1-2-4-5-3-1;/h4-15,26-27,29-32,35-38,46-47H,16-25,28,51H2,1-3H3;1-5H;/q-1;-5;. The molecule has 6 aromatic rings. The van der Waals surface area contributed by atoms with E-state index in [0.717, 1.165) is 81.1 Å². The summed E-state index contributed by atoms with van der Waals surface area (Å²) in [5, 5.41) is 3.47. The maximum atomic E-state index is 5.53. The predicted octanol–water partition coefficient (Wildman–Crippen LogP) is 13.2. The zero-order valence-corrected chi connectivity index (χ0v) is 39.4. The molecule has 8 fully saturated rings. The minimum Gasteiger partial charge on any atom is -0.748 e. The van der Waals surface area contributed by atoms with Crippen molar-refractivity contribution in [3.05, 3.63) is 138 Å². The third-order valence-corrected chi connectivity index (χ3v) is 23.1. The summed E-state index contributed by atoms with van der Waals surface area (Å²) in [5.41, 5.74) is 9.44. The van der Waals surface area contributed by atoms with Gasteiger partial charge in [0.15, 0.2) is 0 Å². The number of para-hydroxylation sites is 2. The van der Waals surface area contributed by atoms with Crippen molar-refractivity contribution >= 4 is 52.2 Å². The average molecular weight is 873 g/mol. The van der Waals surface area contributed by atoms with Crippen molar-refractivity contribution < 1.29 is 17.1 Å². The van der Waals surface area contributed by atoms with Crippen LogP contribution in [0.4, 0.5) is 0 Å². The van der Waals surface area contributed by atoms with Crippen molar-refractivity contribution in [2.45, 2.75) is 106 Å². The maximum absolute atomic E-state index is 5.53. The Hall–Kier alpha value is -2.44. The summed E-state index contributed by atoms with van der Waals surface area (Å²) in [6, 6.07) is 42.0. The first-order chi connectivity index (χ1) is 28.2. The van der Waals surface area contributed by atoms with Crippen LogP contribution >= 0.6 is 17.2 Å². The molecule has 8 bridgehead atoms. The van der Waals surface area contributed by atoms with Gasteiger partial charge >= 0.3 is 0 Å². The van der Waals surface area contributed by atoms with Crippen LogP contribution in [0.1, 0.15) is 86.7 Å². The van der Waals surface area contributed by atoms with Crippen LogP contribution in [0.15, 0.2) is 115 Å². The number of nitrogens with zero attached hydrogens (tertiary/aromatic N) is 2. The number of aromatic nitrogens is 2. The largest absolute Gasteiger partial charge is 0.748 e. The SMILES string of the molecule is C[Si](C)(C)[c-]1cc(CP(C2C3CC4CC(C3)CC2C4)C2C3CC4CC(C3)CC2C4)c(C(P)(c2ccc3ccccc3n2)c2ccc3ccccc3n2)c1.[Fe].[cH-]1[cH-][cH-][cH-][cH-]1. The third-order valence-electron chi connectivity index (χ3n) is 16.3. The number of benzene rings is 2. The van der Waals surface area contributed by atoms with Gasteiger partial charge in [0, 0.05) is 52.5 Å². The molecule has 4 aromatic carbocycles. The first-order valence-corrected chi connectivity index (χ1v) is 28.7. The zero-order chi connectivity index (χ0) is 39.2. The van der Waals surface area contributed by atoms with Crippen molar-refractivity contribution in [2.75, 3.05) is 0 Å². The summed E-state index contributed by atoms with van der Waals surface area (Å²) in [6.45, 7) is 7.67. The van der Waals surface area contributed by atoms with E-state index in [1.807, 2.05) is 30.3 Å². The van der Waals surface area contributed by atoms with Gasteiger partial charge in [0.1, 0.15) is 0 Å². The molecule has 0 amide bonds. The summed E-state index contributed by atoms with van der Waals surface area (Å²) in [4.78, 5) is 11.1. The van der Waals surface area contributed by atoms with E-state index < -0.39 is 13.2 Å². The van der Waals surface area contributed by atoms with Gasteiger partial charge in [-0.15, -0.1) is 17.2 Å². The van der Waals surface area contributed by atoms with Gasteiger partial charge in [0.2, 0.25) is 0 Å². The van der Waals surface area contributed by atoms with Crippen molar-refractivity contribution in [3.8, 4) is 0 Å². The fourth-order valence-electron chi connectivity index (χ4n) is 14.3. The molecular weight excluding hydrogens is 810 g/mol. The molecule has 0 saturated heterocycles. The second kappa shape index (κ2) is 16.0. The van der Waals surface area contributed by atoms with E-state index >= 15 is 0 Å². The van der Waals surface area contributed by atoms with Crippen LogP contribution < -0.4 is 5.19 Å². The second-order valence-corrected chi connectivity index (χ2v) is 29.5. The van der Waals surface area contributed by atoms with Crippen LogP contribution in [-0.4, -0.2) is 29.4 Å². The van der Waals surface area contributed by atoms with Crippen molar-refractivity contribution in [3.63, 3.8) is 0 Å². The Bertz CT molecular complexity index is 2220. The Morgan fingerprint density at radius 3 is 1.41 bits per heavy atom. The Morgan fingerprint density at radius 1 is 0.593 bits per heavy atom. The smallest absolute Gasteiger partial charge is 0.0705 e. The van der Waals surface area contributed by atoms with Crippen molar-refractivity contribution in [1.29, 1.82) is 0 Å². The molecule has 8 aliphatic rings. The van der Waals surface area contributed by atoms with Gasteiger partial charge in [-0.25, -0.2) is 0 Å². The van der Waals surface area contributed by atoms with Gasteiger partial charge in [0.05, 0.1) is 11.0 Å². The summed E-state index contributed by atoms with van der Waals surface area (Å²) in [7, 11) is 1.65. The number of fused-ring (bicyclic) bond motifs is 2. The van der Waals surface area contributed by atoms with Crippen LogP contribution in [0.5, 0.6) is 0 Å². The average Bonchev–Trinajstić information content (AvgIpc) is 3.94. The minimum atomic E-state index is -1.64. The summed E-state index contributed by atoms with van der Waals surface area (Å²) >= 11 is 0. The Morgan fingerprint density at radius 2 is 1.00 bits per heavy atom. The molecule has 1 unspecified atom stereocenters. The topological polar surface area (TPSA) is 25.8 Å². The Labute approximate surface area is 368 Å². The number of rotatable bonds is 8. The minimum absolute atomic E-state index is 0. The summed E-state index contributed by atoms with van der Waals surface area (Å²) in [5.74, 6) is 8.13. The van der Waals surface area contributed by atoms with E-state index in [9.17, 15) is 0 Å². The molecule has 312 valence electrons. The monoisotopic (exact) mass is 872 g/mol. The van der Waals surface area contributed by atoms with E-state index in [0.29, 0.717) is 0 Å². The molecule has 2 heterocycles. The van der Waals surface area contributed by atoms with Gasteiger partial charge in [-0.1, -0.05) is 74.3 Å². The van der Waals surface area contributed by atoms with Gasteiger partial charge in [0.25, 0.3) is 0 Å². The summed E-state index contributed by atoms with van der Waals surface area (Å²) < 4.78 is 0. The molecular formula is C53H62FeN2P2Si-6. The van der Waals surface area contributed by atoms with Crippen molar-refractivity contribution in [1.82, 2.24) is 9.97 Å². The van der Waals surface area contributed by atoms with E-state index in [1.54, 1.807) is 75.0 Å². The van der Waals surface area contributed by atoms with Crippen LogP contribution in [0.3, 0.4) is 0 Å². The second-order valence-electron chi connectivity index (χ2n) is 21.0. The van der Waals surface area contributed by atoms with Crippen LogP contribution in [0, 0.1) is 47.3 Å². The number of hydrogen-bond acceptors (Lipinski definition) is 2. The molecule has 2 nitrogen and oxygen atoms in total. The summed E-state index contributed by atoms with van der Waals surface area (Å²) in [6.07, 6.45) is 16.8. The van der Waals surface area contributed by atoms with E-state index in [2.05, 4.69) is 114 Å². The van der Waals surface area contributed by atoms with Gasteiger partial charge in [-0.2, -0.15) is 28.4 Å². The van der Waals surface area contributed by atoms with Crippen LogP contribution in [-0.2, 0) is 28.4 Å². The molecule has 1 atom stereocenters. The number of pyridine rings is 2. The normalized spacial score (nSPS) is 30.9. The molecule has 6 heteroatoms. The fraction of sp³-hybridized carbons (Fsp3) is 0.472. The Kier molecular flexibility index (Phi) is 11.0. The van der Waals surface area contributed by atoms with E-state index in [1.165, 1.54) is 22.5 Å². The van der Waals surface area contributed by atoms with E-state index in [4.69, 9.17) is 9.97 Å². The van der Waals surface area contributed by atoms with Crippen LogP contribution in [0.25, 0.3) is 21.8 Å². The first-order valence-electron chi connectivity index (χ1n) is 22.9. The molecule has 0 N–H and O–H groups in total. The zero-order valence-electron chi connectivity index (χ0n) is 35.3. The quantitative estimate of drug-likeness (QED) is 0.0865. The first kappa shape index (κ1) is 40.6. The molecule has 0 aliphatic heterocycles. The third kappa shape index (κ3) is 7.42.